The maximum atomic E-state index is 11.5. The highest BCUT2D eigenvalue weighted by molar-refractivity contribution is 7.67. The third-order valence-electron chi connectivity index (χ3n) is 2.37. The van der Waals surface area contributed by atoms with Crippen molar-refractivity contribution in [3.05, 3.63) is 49.2 Å². The third-order valence-corrected chi connectivity index (χ3v) is 4.21. The zero-order valence-electron chi connectivity index (χ0n) is 8.97. The summed E-state index contributed by atoms with van der Waals surface area (Å²) in [6.07, 6.45) is 0. The predicted octanol–water partition coefficient (Wildman–Crippen LogP) is 2.44. The topological polar surface area (TPSA) is 39.1 Å². The molecule has 0 aliphatic rings. The van der Waals surface area contributed by atoms with E-state index in [0.717, 1.165) is 20.7 Å². The van der Waals surface area contributed by atoms with Gasteiger partial charge in [0.05, 0.1) is 5.69 Å². The van der Waals surface area contributed by atoms with Crippen LogP contribution >= 0.6 is 20.7 Å². The zero-order valence-corrected chi connectivity index (χ0v) is 10.6. The fourth-order valence-corrected chi connectivity index (χ4v) is 3.04. The molecule has 0 saturated heterocycles. The van der Waals surface area contributed by atoms with Gasteiger partial charge in [-0.2, -0.15) is 0 Å². The van der Waals surface area contributed by atoms with Gasteiger partial charge in [0.2, 0.25) is 0 Å². The van der Waals surface area contributed by atoms with Gasteiger partial charge in [0, 0.05) is 0 Å². The average molecular weight is 253 g/mol. The van der Waals surface area contributed by atoms with Crippen molar-refractivity contribution in [3.8, 4) is 5.69 Å². The van der Waals surface area contributed by atoms with E-state index in [1.54, 1.807) is 0 Å². The van der Waals surface area contributed by atoms with Gasteiger partial charge in [-0.15, -0.1) is 0 Å². The Morgan fingerprint density at radius 1 is 1.00 bits per heavy atom. The minimum absolute atomic E-state index is 0.215. The Morgan fingerprint density at radius 2 is 1.50 bits per heavy atom. The van der Waals surface area contributed by atoms with Gasteiger partial charge in [0.15, 0.2) is 0 Å². The summed E-state index contributed by atoms with van der Waals surface area (Å²) in [5.74, 6) is 0.447. The molecule has 2 rings (SSSR count). The number of nitrogens with zero attached hydrogens (tertiary/aromatic N) is 1. The van der Waals surface area contributed by atoms with Crippen molar-refractivity contribution >= 4 is 20.7 Å². The summed E-state index contributed by atoms with van der Waals surface area (Å²) in [7, 11) is 1.95. The van der Waals surface area contributed by atoms with Crippen LogP contribution in [0.25, 0.3) is 5.69 Å². The summed E-state index contributed by atoms with van der Waals surface area (Å²) in [5.41, 5.74) is 1.85. The Kier molecular flexibility index (Phi) is 3.07. The first-order valence-corrected chi connectivity index (χ1v) is 7.07. The minimum Gasteiger partial charge on any atom is -0.255 e. The van der Waals surface area contributed by atoms with Crippen molar-refractivity contribution in [1.82, 2.24) is 4.57 Å². The largest absolute Gasteiger partial charge is 0.325 e. The molecule has 1 aromatic heterocycles. The van der Waals surface area contributed by atoms with Gasteiger partial charge >= 0.3 is 9.75 Å². The molecule has 3 nitrogen and oxygen atoms in total. The van der Waals surface area contributed by atoms with Crippen LogP contribution in [0.3, 0.4) is 0 Å². The van der Waals surface area contributed by atoms with Crippen molar-refractivity contribution in [2.45, 2.75) is 19.8 Å². The highest BCUT2D eigenvalue weighted by Gasteiger charge is 2.07. The number of benzene rings is 1. The molecule has 16 heavy (non-hydrogen) atoms. The Balaban J connectivity index is 2.51. The first kappa shape index (κ1) is 11.3. The van der Waals surface area contributed by atoms with E-state index in [1.165, 1.54) is 10.1 Å². The van der Waals surface area contributed by atoms with Crippen molar-refractivity contribution < 1.29 is 0 Å². The number of hydrogen-bond donors (Lipinski definition) is 0. The molecule has 0 bridgehead atoms. The highest BCUT2D eigenvalue weighted by Crippen LogP contribution is 2.15. The highest BCUT2D eigenvalue weighted by atomic mass is 32.9. The summed E-state index contributed by atoms with van der Waals surface area (Å²) >= 11 is 0. The number of rotatable bonds is 2. The van der Waals surface area contributed by atoms with Crippen molar-refractivity contribution in [2.75, 3.05) is 0 Å². The van der Waals surface area contributed by atoms with E-state index >= 15 is 0 Å². The maximum Gasteiger partial charge on any atom is 0.325 e. The normalized spacial score (nSPS) is 10.9. The predicted molar refractivity (Wildman–Crippen MR) is 68.2 cm³/mol. The van der Waals surface area contributed by atoms with Crippen LogP contribution in [0.2, 0.25) is 0 Å². The molecule has 2 aromatic rings. The van der Waals surface area contributed by atoms with Gasteiger partial charge in [-0.25, -0.2) is 4.57 Å². The molecular formula is C11H11NO2S2. The SMILES string of the molecule is CC(C)c1ccc(-n2c(=O)ssc2=O)cc1. The van der Waals surface area contributed by atoms with E-state index < -0.39 is 0 Å². The molecule has 84 valence electrons. The van der Waals surface area contributed by atoms with E-state index in [0.29, 0.717) is 11.6 Å². The van der Waals surface area contributed by atoms with Crippen LogP contribution in [0.4, 0.5) is 0 Å². The Morgan fingerprint density at radius 3 is 1.94 bits per heavy atom. The lowest BCUT2D eigenvalue weighted by Crippen LogP contribution is -2.21. The molecule has 0 N–H and O–H groups in total. The molecule has 0 amide bonds. The van der Waals surface area contributed by atoms with Gasteiger partial charge in [0.25, 0.3) is 0 Å². The molecule has 0 aliphatic heterocycles. The van der Waals surface area contributed by atoms with Crippen LogP contribution in [0.5, 0.6) is 0 Å². The van der Waals surface area contributed by atoms with E-state index in [4.69, 9.17) is 0 Å². The number of hydrogen-bond acceptors (Lipinski definition) is 4. The van der Waals surface area contributed by atoms with Gasteiger partial charge in [-0.05, 0) is 44.3 Å². The van der Waals surface area contributed by atoms with E-state index in [1.807, 2.05) is 24.3 Å². The molecule has 0 atom stereocenters. The summed E-state index contributed by atoms with van der Waals surface area (Å²) < 4.78 is 1.21. The maximum absolute atomic E-state index is 11.5. The zero-order chi connectivity index (χ0) is 11.7. The molecule has 0 spiro atoms. The molecule has 0 saturated carbocycles. The van der Waals surface area contributed by atoms with Gasteiger partial charge in [-0.3, -0.25) is 9.59 Å². The van der Waals surface area contributed by atoms with E-state index in [9.17, 15) is 9.59 Å². The van der Waals surface area contributed by atoms with Crippen LogP contribution in [-0.2, 0) is 0 Å². The molecule has 0 aliphatic carbocycles. The van der Waals surface area contributed by atoms with Crippen LogP contribution in [0.1, 0.15) is 25.3 Å². The van der Waals surface area contributed by atoms with E-state index in [-0.39, 0.29) is 9.75 Å². The molecule has 1 heterocycles. The Hall–Kier alpha value is -1.20. The van der Waals surface area contributed by atoms with Gasteiger partial charge in [0.1, 0.15) is 0 Å². The fraction of sp³-hybridized carbons (Fsp3) is 0.273. The van der Waals surface area contributed by atoms with Crippen molar-refractivity contribution in [1.29, 1.82) is 0 Å². The number of aromatic nitrogens is 1. The minimum atomic E-state index is -0.215. The molecule has 5 heteroatoms. The Labute approximate surface area is 100 Å². The molecule has 1 aromatic carbocycles. The first-order chi connectivity index (χ1) is 7.59. The molecular weight excluding hydrogens is 242 g/mol. The smallest absolute Gasteiger partial charge is 0.255 e. The Bertz CT molecular complexity index is 562. The van der Waals surface area contributed by atoms with Crippen molar-refractivity contribution in [2.24, 2.45) is 0 Å². The van der Waals surface area contributed by atoms with E-state index in [2.05, 4.69) is 13.8 Å². The van der Waals surface area contributed by atoms with Crippen molar-refractivity contribution in [3.63, 3.8) is 0 Å². The summed E-state index contributed by atoms with van der Waals surface area (Å²) in [6.45, 7) is 4.21. The van der Waals surface area contributed by atoms with Crippen LogP contribution in [0.15, 0.2) is 33.9 Å². The summed E-state index contributed by atoms with van der Waals surface area (Å²) in [6, 6.07) is 7.54. The lowest BCUT2D eigenvalue weighted by Gasteiger charge is -2.06. The van der Waals surface area contributed by atoms with Crippen LogP contribution < -0.4 is 9.75 Å². The standard InChI is InChI=1S/C11H11NO2S2/c1-7(2)8-3-5-9(6-4-8)12-10(13)15-16-11(12)14/h3-7H,1-2H3. The second kappa shape index (κ2) is 4.35. The lowest BCUT2D eigenvalue weighted by molar-refractivity contribution is 0.864. The lowest BCUT2D eigenvalue weighted by atomic mass is 10.0. The fourth-order valence-electron chi connectivity index (χ4n) is 1.44. The molecule has 0 unspecified atom stereocenters. The third kappa shape index (κ3) is 2.01. The second-order valence-corrected chi connectivity index (χ2v) is 5.81. The quantitative estimate of drug-likeness (QED) is 0.771. The van der Waals surface area contributed by atoms with Crippen LogP contribution in [-0.4, -0.2) is 4.57 Å². The van der Waals surface area contributed by atoms with Gasteiger partial charge < -0.3 is 0 Å². The van der Waals surface area contributed by atoms with Gasteiger partial charge in [-0.1, -0.05) is 26.0 Å². The summed E-state index contributed by atoms with van der Waals surface area (Å²) in [5, 5.41) is 0. The average Bonchev–Trinajstić information content (AvgIpc) is 2.59. The second-order valence-electron chi connectivity index (χ2n) is 3.78. The first-order valence-electron chi connectivity index (χ1n) is 4.92. The molecule has 0 fully saturated rings. The summed E-state index contributed by atoms with van der Waals surface area (Å²) in [4.78, 5) is 22.5. The van der Waals surface area contributed by atoms with Crippen LogP contribution in [0, 0.1) is 0 Å². The monoisotopic (exact) mass is 253 g/mol. The molecule has 0 radical (unpaired) electrons.